The van der Waals surface area contributed by atoms with Crippen molar-refractivity contribution in [3.8, 4) is 0 Å². The summed E-state index contributed by atoms with van der Waals surface area (Å²) in [5.41, 5.74) is 0.393. The number of nitrogens with one attached hydrogen (secondary N) is 1. The lowest BCUT2D eigenvalue weighted by Crippen LogP contribution is -2.36. The van der Waals surface area contributed by atoms with Gasteiger partial charge in [-0.05, 0) is 24.8 Å². The molecule has 16 heavy (non-hydrogen) atoms. The van der Waals surface area contributed by atoms with Crippen LogP contribution in [0.4, 0.5) is 0 Å². The third-order valence-corrected chi connectivity index (χ3v) is 3.15. The lowest BCUT2D eigenvalue weighted by molar-refractivity contribution is -0.129. The van der Waals surface area contributed by atoms with Crippen LogP contribution in [0.2, 0.25) is 0 Å². The Hall–Kier alpha value is -0.570. The van der Waals surface area contributed by atoms with Gasteiger partial charge in [0.2, 0.25) is 5.91 Å². The van der Waals surface area contributed by atoms with Crippen molar-refractivity contribution in [3.63, 3.8) is 0 Å². The molecule has 1 fully saturated rings. The molecule has 0 aromatic carbocycles. The highest BCUT2D eigenvalue weighted by molar-refractivity contribution is 5.76. The number of nitrogens with zero attached hydrogens (tertiary/aromatic N) is 1. The molecular weight excluding hydrogens is 200 g/mol. The van der Waals surface area contributed by atoms with Crippen molar-refractivity contribution in [2.45, 2.75) is 53.0 Å². The van der Waals surface area contributed by atoms with E-state index in [9.17, 15) is 4.79 Å². The number of rotatable bonds is 4. The van der Waals surface area contributed by atoms with E-state index in [1.54, 1.807) is 0 Å². The number of amides is 1. The second-order valence-electron chi connectivity index (χ2n) is 5.94. The maximum Gasteiger partial charge on any atom is 0.222 e. The average Bonchev–Trinajstić information content (AvgIpc) is 2.63. The molecule has 0 bridgehead atoms. The first-order valence-electron chi connectivity index (χ1n) is 6.43. The van der Waals surface area contributed by atoms with Crippen molar-refractivity contribution in [2.24, 2.45) is 5.41 Å². The second-order valence-corrected chi connectivity index (χ2v) is 5.94. The third-order valence-electron chi connectivity index (χ3n) is 3.15. The Balaban J connectivity index is 2.19. The highest BCUT2D eigenvalue weighted by Gasteiger charge is 2.24. The highest BCUT2D eigenvalue weighted by atomic mass is 16.2. The SMILES string of the molecule is CCC(=O)N1CCC(NCCC(C)(C)C)C1. The summed E-state index contributed by atoms with van der Waals surface area (Å²) in [7, 11) is 0. The lowest BCUT2D eigenvalue weighted by Gasteiger charge is -2.20. The number of hydrogen-bond acceptors (Lipinski definition) is 2. The first kappa shape index (κ1) is 13.5. The van der Waals surface area contributed by atoms with Crippen LogP contribution in [-0.4, -0.2) is 36.5 Å². The largest absolute Gasteiger partial charge is 0.341 e. The van der Waals surface area contributed by atoms with E-state index < -0.39 is 0 Å². The summed E-state index contributed by atoms with van der Waals surface area (Å²) in [5.74, 6) is 0.292. The minimum atomic E-state index is 0.292. The van der Waals surface area contributed by atoms with Gasteiger partial charge in [0.25, 0.3) is 0 Å². The molecule has 1 saturated heterocycles. The van der Waals surface area contributed by atoms with E-state index in [1.165, 1.54) is 6.42 Å². The molecule has 1 aliphatic heterocycles. The number of carbonyl (C=O) groups excluding carboxylic acids is 1. The molecule has 0 saturated carbocycles. The minimum Gasteiger partial charge on any atom is -0.341 e. The second kappa shape index (κ2) is 5.67. The summed E-state index contributed by atoms with van der Waals surface area (Å²) >= 11 is 0. The van der Waals surface area contributed by atoms with Gasteiger partial charge in [0, 0.05) is 25.6 Å². The predicted molar refractivity (Wildman–Crippen MR) is 67.4 cm³/mol. The van der Waals surface area contributed by atoms with Gasteiger partial charge < -0.3 is 10.2 Å². The number of hydrogen-bond donors (Lipinski definition) is 1. The van der Waals surface area contributed by atoms with Crippen molar-refractivity contribution < 1.29 is 4.79 Å². The number of carbonyl (C=O) groups is 1. The van der Waals surface area contributed by atoms with E-state index in [2.05, 4.69) is 26.1 Å². The average molecular weight is 226 g/mol. The summed E-state index contributed by atoms with van der Waals surface area (Å²) in [4.78, 5) is 13.5. The van der Waals surface area contributed by atoms with Gasteiger partial charge in [-0.2, -0.15) is 0 Å². The highest BCUT2D eigenvalue weighted by Crippen LogP contribution is 2.18. The van der Waals surface area contributed by atoms with Crippen molar-refractivity contribution in [3.05, 3.63) is 0 Å². The minimum absolute atomic E-state index is 0.292. The quantitative estimate of drug-likeness (QED) is 0.795. The Bertz CT molecular complexity index is 233. The molecule has 0 aromatic rings. The maximum atomic E-state index is 11.5. The van der Waals surface area contributed by atoms with Gasteiger partial charge in [0.15, 0.2) is 0 Å². The Morgan fingerprint density at radius 1 is 1.44 bits per heavy atom. The molecule has 0 aromatic heterocycles. The Labute approximate surface area is 99.6 Å². The molecule has 1 unspecified atom stereocenters. The van der Waals surface area contributed by atoms with Crippen molar-refractivity contribution in [2.75, 3.05) is 19.6 Å². The van der Waals surface area contributed by atoms with Crippen LogP contribution in [0.25, 0.3) is 0 Å². The Kier molecular flexibility index (Phi) is 4.78. The Morgan fingerprint density at radius 3 is 2.69 bits per heavy atom. The van der Waals surface area contributed by atoms with E-state index >= 15 is 0 Å². The van der Waals surface area contributed by atoms with Crippen LogP contribution < -0.4 is 5.32 Å². The molecular formula is C13H26N2O. The van der Waals surface area contributed by atoms with E-state index in [1.807, 2.05) is 11.8 Å². The van der Waals surface area contributed by atoms with Crippen LogP contribution in [0.1, 0.15) is 47.0 Å². The molecule has 0 aliphatic carbocycles. The van der Waals surface area contributed by atoms with Crippen LogP contribution in [0, 0.1) is 5.41 Å². The zero-order chi connectivity index (χ0) is 12.2. The zero-order valence-electron chi connectivity index (χ0n) is 11.2. The molecule has 1 N–H and O–H groups in total. The summed E-state index contributed by atoms with van der Waals surface area (Å²) < 4.78 is 0. The smallest absolute Gasteiger partial charge is 0.222 e. The number of likely N-dealkylation sites (tertiary alicyclic amines) is 1. The van der Waals surface area contributed by atoms with Gasteiger partial charge in [-0.1, -0.05) is 27.7 Å². The van der Waals surface area contributed by atoms with Gasteiger partial charge in [0.05, 0.1) is 0 Å². The van der Waals surface area contributed by atoms with E-state index in [4.69, 9.17) is 0 Å². The fourth-order valence-corrected chi connectivity index (χ4v) is 2.03. The molecule has 1 atom stereocenters. The van der Waals surface area contributed by atoms with Crippen LogP contribution in [0.15, 0.2) is 0 Å². The summed E-state index contributed by atoms with van der Waals surface area (Å²) in [6, 6.07) is 0.512. The van der Waals surface area contributed by atoms with Crippen molar-refractivity contribution in [1.82, 2.24) is 10.2 Å². The summed E-state index contributed by atoms with van der Waals surface area (Å²) in [6.07, 6.45) is 2.93. The van der Waals surface area contributed by atoms with E-state index in [0.717, 1.165) is 26.1 Å². The maximum absolute atomic E-state index is 11.5. The molecule has 1 rings (SSSR count). The molecule has 3 nitrogen and oxygen atoms in total. The molecule has 3 heteroatoms. The fraction of sp³-hybridized carbons (Fsp3) is 0.923. The van der Waals surface area contributed by atoms with Crippen LogP contribution in [-0.2, 0) is 4.79 Å². The van der Waals surface area contributed by atoms with Crippen molar-refractivity contribution in [1.29, 1.82) is 0 Å². The van der Waals surface area contributed by atoms with Crippen LogP contribution in [0.3, 0.4) is 0 Å². The normalized spacial score (nSPS) is 21.5. The third kappa shape index (κ3) is 4.52. The molecule has 1 heterocycles. The molecule has 0 spiro atoms. The van der Waals surface area contributed by atoms with Gasteiger partial charge in [-0.15, -0.1) is 0 Å². The van der Waals surface area contributed by atoms with Gasteiger partial charge in [0.1, 0.15) is 0 Å². The van der Waals surface area contributed by atoms with Gasteiger partial charge in [-0.25, -0.2) is 0 Å². The van der Waals surface area contributed by atoms with Gasteiger partial charge >= 0.3 is 0 Å². The topological polar surface area (TPSA) is 32.3 Å². The zero-order valence-corrected chi connectivity index (χ0v) is 11.2. The summed E-state index contributed by atoms with van der Waals surface area (Å²) in [6.45, 7) is 11.6. The first-order chi connectivity index (χ1) is 7.42. The lowest BCUT2D eigenvalue weighted by atomic mass is 9.92. The van der Waals surface area contributed by atoms with Crippen molar-refractivity contribution >= 4 is 5.91 Å². The molecule has 1 amide bonds. The van der Waals surface area contributed by atoms with Crippen LogP contribution >= 0.6 is 0 Å². The fourth-order valence-electron chi connectivity index (χ4n) is 2.03. The predicted octanol–water partition coefficient (Wildman–Crippen LogP) is 2.02. The first-order valence-corrected chi connectivity index (χ1v) is 6.43. The van der Waals surface area contributed by atoms with Gasteiger partial charge in [-0.3, -0.25) is 4.79 Å². The monoisotopic (exact) mass is 226 g/mol. The van der Waals surface area contributed by atoms with E-state index in [0.29, 0.717) is 23.8 Å². The molecule has 94 valence electrons. The van der Waals surface area contributed by atoms with Crippen LogP contribution in [0.5, 0.6) is 0 Å². The standard InChI is InChI=1S/C13H26N2O/c1-5-12(16)15-9-6-11(10-15)14-8-7-13(2,3)4/h11,14H,5-10H2,1-4H3. The summed E-state index contributed by atoms with van der Waals surface area (Å²) in [5, 5.41) is 3.55. The molecule has 1 aliphatic rings. The Morgan fingerprint density at radius 2 is 2.12 bits per heavy atom. The van der Waals surface area contributed by atoms with E-state index in [-0.39, 0.29) is 0 Å². The molecule has 0 radical (unpaired) electrons.